The number of hydrogen-bond donors (Lipinski definition) is 4. The summed E-state index contributed by atoms with van der Waals surface area (Å²) in [5, 5.41) is 32.4. The van der Waals surface area contributed by atoms with E-state index in [-0.39, 0.29) is 25.4 Å². The zero-order valence-electron chi connectivity index (χ0n) is 13.0. The summed E-state index contributed by atoms with van der Waals surface area (Å²) in [7, 11) is 0. The summed E-state index contributed by atoms with van der Waals surface area (Å²) in [4.78, 5) is 21.2. The number of ketones is 1. The highest BCUT2D eigenvalue weighted by molar-refractivity contribution is 5.94. The van der Waals surface area contributed by atoms with Crippen LogP contribution in [0.1, 0.15) is 64.7 Å². The highest BCUT2D eigenvalue weighted by Crippen LogP contribution is 2.09. The van der Waals surface area contributed by atoms with Gasteiger partial charge in [-0.15, -0.1) is 0 Å². The largest absolute Gasteiger partial charge is 0.481 e. The summed E-state index contributed by atoms with van der Waals surface area (Å²) in [6, 6.07) is 0. The topological polar surface area (TPSA) is 115 Å². The van der Waals surface area contributed by atoms with Crippen LogP contribution in [0.2, 0.25) is 0 Å². The van der Waals surface area contributed by atoms with Gasteiger partial charge in [-0.3, -0.25) is 9.59 Å². The Morgan fingerprint density at radius 1 is 0.905 bits per heavy atom. The number of Topliss-reactive ketones (excluding diaryl/α,β-unsaturated/α-hetero) is 1. The van der Waals surface area contributed by atoms with Crippen molar-refractivity contribution in [3.05, 3.63) is 0 Å². The summed E-state index contributed by atoms with van der Waals surface area (Å²) in [6.07, 6.45) is 7.28. The van der Waals surface area contributed by atoms with Crippen LogP contribution < -0.4 is 0 Å². The molecule has 0 aliphatic heterocycles. The summed E-state index contributed by atoms with van der Waals surface area (Å²) >= 11 is 0. The maximum Gasteiger partial charge on any atom is 0.310 e. The first-order valence-corrected chi connectivity index (χ1v) is 7.61. The molecular formula is C15H30O6. The zero-order valence-corrected chi connectivity index (χ0v) is 13.0. The number of carboxylic acid groups (broad SMARTS) is 1. The lowest BCUT2D eigenvalue weighted by molar-refractivity contribution is -0.140. The van der Waals surface area contributed by atoms with Gasteiger partial charge in [-0.2, -0.15) is 0 Å². The average molecular weight is 306 g/mol. The molecule has 126 valence electrons. The monoisotopic (exact) mass is 306 g/mol. The van der Waals surface area contributed by atoms with E-state index in [0.29, 0.717) is 6.42 Å². The molecule has 0 heterocycles. The van der Waals surface area contributed by atoms with E-state index in [1.54, 1.807) is 0 Å². The Morgan fingerprint density at radius 2 is 1.38 bits per heavy atom. The van der Waals surface area contributed by atoms with Crippen molar-refractivity contribution in [1.29, 1.82) is 0 Å². The number of hydrogen-bond acceptors (Lipinski definition) is 5. The number of aliphatic carboxylic acids is 1. The Labute approximate surface area is 126 Å². The van der Waals surface area contributed by atoms with E-state index in [2.05, 4.69) is 6.92 Å². The van der Waals surface area contributed by atoms with E-state index in [0.717, 1.165) is 12.8 Å². The van der Waals surface area contributed by atoms with Crippen molar-refractivity contribution < 1.29 is 30.0 Å². The first-order chi connectivity index (χ1) is 9.97. The number of carboxylic acids is 1. The minimum absolute atomic E-state index is 0.143. The third kappa shape index (κ3) is 21.5. The van der Waals surface area contributed by atoms with Crippen LogP contribution in [0.25, 0.3) is 0 Å². The summed E-state index contributed by atoms with van der Waals surface area (Å²) in [5.74, 6) is -1.15. The van der Waals surface area contributed by atoms with Gasteiger partial charge in [0.2, 0.25) is 0 Å². The second-order valence-corrected chi connectivity index (χ2v) is 5.00. The van der Waals surface area contributed by atoms with Crippen LogP contribution in [0.3, 0.4) is 0 Å². The standard InChI is InChI=1S/C12H22O3.C3H8O3/c1-2-3-4-5-6-7-8-9-11(13)10-12(14)15;4-1-3(6)2-5/h2-10H2,1H3,(H,14,15);3-6H,1-2H2. The van der Waals surface area contributed by atoms with Crippen molar-refractivity contribution in [2.24, 2.45) is 0 Å². The molecule has 21 heavy (non-hydrogen) atoms. The average Bonchev–Trinajstić information content (AvgIpc) is 2.45. The van der Waals surface area contributed by atoms with Crippen molar-refractivity contribution in [2.75, 3.05) is 13.2 Å². The SMILES string of the molecule is CCCCCCCCCC(=O)CC(=O)O.OCC(O)CO. The zero-order chi connectivity index (χ0) is 16.5. The van der Waals surface area contributed by atoms with Gasteiger partial charge in [-0.1, -0.05) is 45.4 Å². The Balaban J connectivity index is 0. The van der Waals surface area contributed by atoms with Crippen LogP contribution >= 0.6 is 0 Å². The fourth-order valence-corrected chi connectivity index (χ4v) is 1.59. The van der Waals surface area contributed by atoms with Gasteiger partial charge in [0.1, 0.15) is 18.3 Å². The molecule has 0 saturated carbocycles. The molecule has 0 aliphatic rings. The van der Waals surface area contributed by atoms with Crippen molar-refractivity contribution in [3.8, 4) is 0 Å². The van der Waals surface area contributed by atoms with Gasteiger partial charge < -0.3 is 20.4 Å². The van der Waals surface area contributed by atoms with Crippen LogP contribution in [0.15, 0.2) is 0 Å². The molecule has 0 rings (SSSR count). The number of aliphatic hydroxyl groups is 3. The van der Waals surface area contributed by atoms with E-state index in [9.17, 15) is 9.59 Å². The lowest BCUT2D eigenvalue weighted by Gasteiger charge is -2.00. The first-order valence-electron chi connectivity index (χ1n) is 7.61. The van der Waals surface area contributed by atoms with Crippen LogP contribution in [0.5, 0.6) is 0 Å². The molecule has 6 nitrogen and oxygen atoms in total. The maximum absolute atomic E-state index is 11.0. The van der Waals surface area contributed by atoms with Crippen LogP contribution in [-0.2, 0) is 9.59 Å². The van der Waals surface area contributed by atoms with Gasteiger partial charge >= 0.3 is 5.97 Å². The second kappa shape index (κ2) is 17.1. The molecule has 0 amide bonds. The van der Waals surface area contributed by atoms with Crippen molar-refractivity contribution in [2.45, 2.75) is 70.8 Å². The normalized spacial score (nSPS) is 10.1. The third-order valence-electron chi connectivity index (χ3n) is 2.83. The fraction of sp³-hybridized carbons (Fsp3) is 0.867. The Bertz CT molecular complexity index is 251. The molecule has 0 fully saturated rings. The van der Waals surface area contributed by atoms with Crippen molar-refractivity contribution >= 4 is 11.8 Å². The van der Waals surface area contributed by atoms with Crippen LogP contribution in [0, 0.1) is 0 Å². The third-order valence-corrected chi connectivity index (χ3v) is 2.83. The predicted octanol–water partition coefficient (Wildman–Crippen LogP) is 1.50. The molecule has 0 saturated heterocycles. The molecule has 0 bridgehead atoms. The van der Waals surface area contributed by atoms with E-state index in [4.69, 9.17) is 20.4 Å². The smallest absolute Gasteiger partial charge is 0.310 e. The molecule has 0 radical (unpaired) electrons. The molecule has 4 N–H and O–H groups in total. The Kier molecular flexibility index (Phi) is 18.1. The van der Waals surface area contributed by atoms with Gasteiger partial charge in [-0.05, 0) is 6.42 Å². The second-order valence-electron chi connectivity index (χ2n) is 5.00. The van der Waals surface area contributed by atoms with E-state index < -0.39 is 12.1 Å². The molecule has 6 heteroatoms. The number of aliphatic hydroxyl groups excluding tert-OH is 3. The van der Waals surface area contributed by atoms with Gasteiger partial charge in [0, 0.05) is 6.42 Å². The molecule has 0 aliphatic carbocycles. The van der Waals surface area contributed by atoms with Gasteiger partial charge in [0.15, 0.2) is 0 Å². The van der Waals surface area contributed by atoms with Crippen LogP contribution in [0.4, 0.5) is 0 Å². The number of carbonyl (C=O) groups excluding carboxylic acids is 1. The molecule has 0 unspecified atom stereocenters. The van der Waals surface area contributed by atoms with Gasteiger partial charge in [-0.25, -0.2) is 0 Å². The lowest BCUT2D eigenvalue weighted by Crippen LogP contribution is -2.15. The number of carbonyl (C=O) groups is 2. The van der Waals surface area contributed by atoms with Crippen molar-refractivity contribution in [1.82, 2.24) is 0 Å². The highest BCUT2D eigenvalue weighted by atomic mass is 16.4. The van der Waals surface area contributed by atoms with Gasteiger partial charge in [0.25, 0.3) is 0 Å². The quantitative estimate of drug-likeness (QED) is 0.321. The number of unbranched alkanes of at least 4 members (excludes halogenated alkanes) is 6. The molecule has 0 aromatic heterocycles. The van der Waals surface area contributed by atoms with Gasteiger partial charge in [0.05, 0.1) is 13.2 Å². The maximum atomic E-state index is 11.0. The summed E-state index contributed by atoms with van der Waals surface area (Å²) in [5.41, 5.74) is 0. The fourth-order valence-electron chi connectivity index (χ4n) is 1.59. The predicted molar refractivity (Wildman–Crippen MR) is 80.0 cm³/mol. The molecule has 0 aromatic carbocycles. The summed E-state index contributed by atoms with van der Waals surface area (Å²) < 4.78 is 0. The molecular weight excluding hydrogens is 276 g/mol. The van der Waals surface area contributed by atoms with Crippen molar-refractivity contribution in [3.63, 3.8) is 0 Å². The molecule has 0 aromatic rings. The highest BCUT2D eigenvalue weighted by Gasteiger charge is 2.06. The minimum Gasteiger partial charge on any atom is -0.481 e. The Morgan fingerprint density at radius 3 is 1.76 bits per heavy atom. The Hall–Kier alpha value is -0.980. The number of rotatable bonds is 12. The first kappa shape index (κ1) is 22.3. The van der Waals surface area contributed by atoms with E-state index in [1.165, 1.54) is 32.1 Å². The van der Waals surface area contributed by atoms with E-state index >= 15 is 0 Å². The summed E-state index contributed by atoms with van der Waals surface area (Å²) in [6.45, 7) is 1.46. The van der Waals surface area contributed by atoms with E-state index in [1.807, 2.05) is 0 Å². The van der Waals surface area contributed by atoms with Crippen LogP contribution in [-0.4, -0.2) is 51.5 Å². The lowest BCUT2D eigenvalue weighted by atomic mass is 10.1. The molecule has 0 atom stereocenters. The molecule has 0 spiro atoms. The minimum atomic E-state index is -1.01.